The van der Waals surface area contributed by atoms with Crippen molar-refractivity contribution in [1.29, 1.82) is 0 Å². The lowest BCUT2D eigenvalue weighted by atomic mass is 10.1. The summed E-state index contributed by atoms with van der Waals surface area (Å²) in [4.78, 5) is 15.8. The number of thiophene rings is 1. The normalized spacial score (nSPS) is 18.2. The van der Waals surface area contributed by atoms with Gasteiger partial charge in [0, 0.05) is 37.5 Å². The summed E-state index contributed by atoms with van der Waals surface area (Å²) in [7, 11) is 3.38. The maximum absolute atomic E-state index is 12.7. The van der Waals surface area contributed by atoms with Crippen molar-refractivity contribution in [1.82, 2.24) is 10.2 Å². The minimum absolute atomic E-state index is 0.0336. The number of likely N-dealkylation sites (tertiary alicyclic amines) is 1. The van der Waals surface area contributed by atoms with Crippen LogP contribution in [0.4, 0.5) is 0 Å². The number of hydrogen-bond donors (Lipinski definition) is 1. The van der Waals surface area contributed by atoms with Crippen LogP contribution in [0.2, 0.25) is 0 Å². The van der Waals surface area contributed by atoms with E-state index < -0.39 is 0 Å². The van der Waals surface area contributed by atoms with E-state index in [1.165, 1.54) is 0 Å². The van der Waals surface area contributed by atoms with Gasteiger partial charge < -0.3 is 14.8 Å². The Bertz CT molecular complexity index is 728. The Morgan fingerprint density at radius 2 is 2.25 bits per heavy atom. The third-order valence-electron chi connectivity index (χ3n) is 4.57. The fraction of sp³-hybridized carbons (Fsp3) is 0.500. The second-order valence-electron chi connectivity index (χ2n) is 6.17. The van der Waals surface area contributed by atoms with Crippen LogP contribution in [0, 0.1) is 6.92 Å². The lowest BCUT2D eigenvalue weighted by Crippen LogP contribution is -2.37. The van der Waals surface area contributed by atoms with Crippen LogP contribution in [0.15, 0.2) is 18.2 Å². The summed E-state index contributed by atoms with van der Waals surface area (Å²) in [6, 6.07) is 6.17. The van der Waals surface area contributed by atoms with Crippen LogP contribution in [-0.4, -0.2) is 57.3 Å². The second-order valence-corrected chi connectivity index (χ2v) is 7.22. The molecule has 1 saturated heterocycles. The molecule has 1 N–H and O–H groups in total. The number of rotatable bonds is 6. The molecule has 1 amide bonds. The number of hydrogen-bond acceptors (Lipinski definition) is 5. The molecule has 24 heavy (non-hydrogen) atoms. The van der Waals surface area contributed by atoms with Crippen molar-refractivity contribution in [2.45, 2.75) is 19.4 Å². The van der Waals surface area contributed by atoms with E-state index in [0.29, 0.717) is 0 Å². The second kappa shape index (κ2) is 7.51. The van der Waals surface area contributed by atoms with Gasteiger partial charge in [-0.25, -0.2) is 0 Å². The summed E-state index contributed by atoms with van der Waals surface area (Å²) >= 11 is 1.55. The average Bonchev–Trinajstić information content (AvgIpc) is 3.17. The monoisotopic (exact) mass is 348 g/mol. The molecule has 0 spiro atoms. The molecule has 0 aliphatic carbocycles. The van der Waals surface area contributed by atoms with Gasteiger partial charge in [0.2, 0.25) is 0 Å². The highest BCUT2D eigenvalue weighted by Crippen LogP contribution is 2.33. The number of benzene rings is 1. The first kappa shape index (κ1) is 17.2. The van der Waals surface area contributed by atoms with Gasteiger partial charge in [0.05, 0.1) is 18.6 Å². The molecule has 2 aromatic rings. The number of amides is 1. The minimum atomic E-state index is 0.0336. The molecule has 2 heterocycles. The fourth-order valence-corrected chi connectivity index (χ4v) is 4.26. The summed E-state index contributed by atoms with van der Waals surface area (Å²) < 4.78 is 11.5. The summed E-state index contributed by atoms with van der Waals surface area (Å²) in [5.74, 6) is 0.853. The summed E-state index contributed by atoms with van der Waals surface area (Å²) in [5.41, 5.74) is 1.03. The summed E-state index contributed by atoms with van der Waals surface area (Å²) in [5, 5.41) is 4.28. The third-order valence-corrected chi connectivity index (χ3v) is 5.84. The molecule has 0 bridgehead atoms. The maximum atomic E-state index is 12.7. The molecule has 1 aromatic carbocycles. The molecular weight excluding hydrogens is 324 g/mol. The zero-order chi connectivity index (χ0) is 17.1. The van der Waals surface area contributed by atoms with Gasteiger partial charge in [-0.15, -0.1) is 11.3 Å². The van der Waals surface area contributed by atoms with E-state index in [-0.39, 0.29) is 11.9 Å². The van der Waals surface area contributed by atoms with Crippen molar-refractivity contribution in [3.05, 3.63) is 28.6 Å². The van der Waals surface area contributed by atoms with Crippen molar-refractivity contribution < 1.29 is 14.3 Å². The third kappa shape index (κ3) is 3.55. The van der Waals surface area contributed by atoms with Crippen LogP contribution < -0.4 is 10.1 Å². The molecule has 1 aliphatic rings. The Morgan fingerprint density at radius 1 is 1.42 bits per heavy atom. The summed E-state index contributed by atoms with van der Waals surface area (Å²) in [6.07, 6.45) is 0.993. The fourth-order valence-electron chi connectivity index (χ4n) is 3.17. The molecule has 0 saturated carbocycles. The minimum Gasteiger partial charge on any atom is -0.497 e. The molecule has 1 aromatic heterocycles. The van der Waals surface area contributed by atoms with Crippen molar-refractivity contribution in [3.8, 4) is 5.75 Å². The van der Waals surface area contributed by atoms with Gasteiger partial charge in [-0.1, -0.05) is 0 Å². The first-order valence-corrected chi connectivity index (χ1v) is 9.03. The van der Waals surface area contributed by atoms with Crippen LogP contribution in [-0.2, 0) is 4.74 Å². The molecule has 6 heteroatoms. The van der Waals surface area contributed by atoms with Crippen molar-refractivity contribution in [2.24, 2.45) is 0 Å². The van der Waals surface area contributed by atoms with E-state index in [1.807, 2.05) is 25.1 Å². The summed E-state index contributed by atoms with van der Waals surface area (Å²) in [6.45, 7) is 5.57. The van der Waals surface area contributed by atoms with E-state index in [4.69, 9.17) is 9.47 Å². The Balaban J connectivity index is 1.69. The average molecular weight is 348 g/mol. The van der Waals surface area contributed by atoms with Crippen LogP contribution in [0.3, 0.4) is 0 Å². The maximum Gasteiger partial charge on any atom is 0.261 e. The zero-order valence-corrected chi connectivity index (χ0v) is 15.2. The van der Waals surface area contributed by atoms with Crippen LogP contribution in [0.5, 0.6) is 5.75 Å². The Kier molecular flexibility index (Phi) is 5.38. The highest BCUT2D eigenvalue weighted by molar-refractivity contribution is 7.21. The lowest BCUT2D eigenvalue weighted by molar-refractivity contribution is 0.0940. The molecule has 1 fully saturated rings. The number of fused-ring (bicyclic) bond motifs is 1. The van der Waals surface area contributed by atoms with Crippen LogP contribution >= 0.6 is 11.3 Å². The van der Waals surface area contributed by atoms with E-state index in [9.17, 15) is 4.79 Å². The first-order valence-electron chi connectivity index (χ1n) is 8.21. The van der Waals surface area contributed by atoms with Gasteiger partial charge in [0.1, 0.15) is 5.75 Å². The molecule has 5 nitrogen and oxygen atoms in total. The Morgan fingerprint density at radius 3 is 3.00 bits per heavy atom. The SMILES string of the molecule is COCCN1CCC(NC(=O)c2sc3ccc(OC)cc3c2C)C1. The van der Waals surface area contributed by atoms with Gasteiger partial charge >= 0.3 is 0 Å². The Labute approximate surface area is 146 Å². The van der Waals surface area contributed by atoms with Gasteiger partial charge in [-0.2, -0.15) is 0 Å². The number of methoxy groups -OCH3 is 2. The molecule has 1 unspecified atom stereocenters. The number of carbonyl (C=O) groups excluding carboxylic acids is 1. The van der Waals surface area contributed by atoms with Crippen molar-refractivity contribution >= 4 is 27.3 Å². The van der Waals surface area contributed by atoms with E-state index in [1.54, 1.807) is 25.6 Å². The van der Waals surface area contributed by atoms with E-state index in [2.05, 4.69) is 10.2 Å². The standard InChI is InChI=1S/C18H24N2O3S/c1-12-15-10-14(23-3)4-5-16(15)24-17(12)18(21)19-13-6-7-20(11-13)8-9-22-2/h4-5,10,13H,6-9,11H2,1-3H3,(H,19,21). The highest BCUT2D eigenvalue weighted by Gasteiger charge is 2.25. The molecule has 130 valence electrons. The smallest absolute Gasteiger partial charge is 0.261 e. The van der Waals surface area contributed by atoms with Gasteiger partial charge in [-0.05, 0) is 42.5 Å². The predicted molar refractivity (Wildman–Crippen MR) is 97.3 cm³/mol. The Hall–Kier alpha value is -1.63. The molecule has 3 rings (SSSR count). The number of ether oxygens (including phenoxy) is 2. The number of carbonyl (C=O) groups is 1. The van der Waals surface area contributed by atoms with Crippen molar-refractivity contribution in [3.63, 3.8) is 0 Å². The van der Waals surface area contributed by atoms with E-state index in [0.717, 1.165) is 58.9 Å². The quantitative estimate of drug-likeness (QED) is 0.872. The zero-order valence-electron chi connectivity index (χ0n) is 14.4. The molecular formula is C18H24N2O3S. The van der Waals surface area contributed by atoms with Gasteiger partial charge in [0.25, 0.3) is 5.91 Å². The largest absolute Gasteiger partial charge is 0.497 e. The van der Waals surface area contributed by atoms with Crippen LogP contribution in [0.25, 0.3) is 10.1 Å². The van der Waals surface area contributed by atoms with Crippen molar-refractivity contribution in [2.75, 3.05) is 40.5 Å². The predicted octanol–water partition coefficient (Wildman–Crippen LogP) is 2.67. The number of nitrogens with one attached hydrogen (secondary N) is 1. The highest BCUT2D eigenvalue weighted by atomic mass is 32.1. The number of aryl methyl sites for hydroxylation is 1. The number of nitrogens with zero attached hydrogens (tertiary/aromatic N) is 1. The van der Waals surface area contributed by atoms with Crippen LogP contribution in [0.1, 0.15) is 21.7 Å². The van der Waals surface area contributed by atoms with Gasteiger partial charge in [0.15, 0.2) is 0 Å². The molecule has 1 atom stereocenters. The van der Waals surface area contributed by atoms with Gasteiger partial charge in [-0.3, -0.25) is 9.69 Å². The lowest BCUT2D eigenvalue weighted by Gasteiger charge is -2.16. The first-order chi connectivity index (χ1) is 11.6. The topological polar surface area (TPSA) is 50.8 Å². The van der Waals surface area contributed by atoms with E-state index >= 15 is 0 Å². The molecule has 0 radical (unpaired) electrons. The molecule has 1 aliphatic heterocycles.